The fourth-order valence-electron chi connectivity index (χ4n) is 2.97. The number of piperidine rings is 1. The Morgan fingerprint density at radius 1 is 1.24 bits per heavy atom. The summed E-state index contributed by atoms with van der Waals surface area (Å²) >= 11 is 0. The lowest BCUT2D eigenvalue weighted by molar-refractivity contribution is -0.116. The smallest absolute Gasteiger partial charge is 0.253 e. The predicted molar refractivity (Wildman–Crippen MR) is 105 cm³/mol. The molecule has 0 spiro atoms. The average molecular weight is 368 g/mol. The maximum atomic E-state index is 12.6. The van der Waals surface area contributed by atoms with Crippen molar-refractivity contribution >= 4 is 29.9 Å². The van der Waals surface area contributed by atoms with Crippen LogP contribution in [-0.2, 0) is 4.79 Å². The molecule has 2 amide bonds. The first-order chi connectivity index (χ1) is 11.5. The van der Waals surface area contributed by atoms with E-state index in [-0.39, 0.29) is 24.2 Å². The van der Waals surface area contributed by atoms with Crippen LogP contribution < -0.4 is 10.6 Å². The molecule has 25 heavy (non-hydrogen) atoms. The van der Waals surface area contributed by atoms with E-state index in [2.05, 4.69) is 17.6 Å². The zero-order chi connectivity index (χ0) is 17.5. The number of halogens is 1. The monoisotopic (exact) mass is 367 g/mol. The Bertz CT molecular complexity index is 584. The molecule has 2 rings (SSSR count). The van der Waals surface area contributed by atoms with Crippen molar-refractivity contribution in [2.45, 2.75) is 39.5 Å². The standard InChI is InChI=1S/C19H29N3O2.ClH/c1-14-8-11-22(12-9-14)19(24)16-6-7-17(15(2)13-16)21-18(23)5-4-10-20-3;/h6-7,13-14,20H,4-5,8-12H2,1-3H3,(H,21,23);1H. The van der Waals surface area contributed by atoms with Crippen LogP contribution in [0.5, 0.6) is 0 Å². The van der Waals surface area contributed by atoms with Crippen LogP contribution in [0.1, 0.15) is 48.5 Å². The minimum atomic E-state index is 0. The molecule has 0 aliphatic carbocycles. The van der Waals surface area contributed by atoms with Gasteiger partial charge in [0, 0.05) is 30.8 Å². The van der Waals surface area contributed by atoms with E-state index in [4.69, 9.17) is 0 Å². The number of anilines is 1. The lowest BCUT2D eigenvalue weighted by Gasteiger charge is -2.30. The molecule has 1 aliphatic heterocycles. The van der Waals surface area contributed by atoms with E-state index < -0.39 is 0 Å². The average Bonchev–Trinajstić information content (AvgIpc) is 2.57. The highest BCUT2D eigenvalue weighted by Gasteiger charge is 2.21. The molecule has 1 aromatic carbocycles. The van der Waals surface area contributed by atoms with Crippen LogP contribution in [0.15, 0.2) is 18.2 Å². The predicted octanol–water partition coefficient (Wildman–Crippen LogP) is 3.23. The Labute approximate surface area is 157 Å². The second-order valence-electron chi connectivity index (χ2n) is 6.76. The van der Waals surface area contributed by atoms with E-state index in [0.29, 0.717) is 17.9 Å². The molecule has 6 heteroatoms. The van der Waals surface area contributed by atoms with E-state index >= 15 is 0 Å². The van der Waals surface area contributed by atoms with Gasteiger partial charge in [-0.2, -0.15) is 0 Å². The van der Waals surface area contributed by atoms with E-state index in [1.54, 1.807) is 0 Å². The first-order valence-electron chi connectivity index (χ1n) is 8.85. The third-order valence-corrected chi connectivity index (χ3v) is 4.65. The minimum absolute atomic E-state index is 0. The Morgan fingerprint density at radius 3 is 2.52 bits per heavy atom. The Hall–Kier alpha value is -1.59. The SMILES string of the molecule is CNCCCC(=O)Nc1ccc(C(=O)N2CCC(C)CC2)cc1C.Cl. The summed E-state index contributed by atoms with van der Waals surface area (Å²) in [7, 11) is 1.88. The van der Waals surface area contributed by atoms with Gasteiger partial charge in [-0.15, -0.1) is 12.4 Å². The summed E-state index contributed by atoms with van der Waals surface area (Å²) in [5.41, 5.74) is 2.41. The third-order valence-electron chi connectivity index (χ3n) is 4.65. The molecular formula is C19H30ClN3O2. The van der Waals surface area contributed by atoms with Gasteiger partial charge >= 0.3 is 0 Å². The number of nitrogens with one attached hydrogen (secondary N) is 2. The van der Waals surface area contributed by atoms with Crippen molar-refractivity contribution in [3.63, 3.8) is 0 Å². The van der Waals surface area contributed by atoms with E-state index in [0.717, 1.165) is 50.1 Å². The number of aryl methyl sites for hydroxylation is 1. The summed E-state index contributed by atoms with van der Waals surface area (Å²) in [5, 5.41) is 5.96. The number of rotatable bonds is 6. The number of carbonyl (C=O) groups excluding carboxylic acids is 2. The molecule has 1 fully saturated rings. The van der Waals surface area contributed by atoms with Gasteiger partial charge in [-0.3, -0.25) is 9.59 Å². The maximum Gasteiger partial charge on any atom is 0.253 e. The van der Waals surface area contributed by atoms with Crippen molar-refractivity contribution < 1.29 is 9.59 Å². The molecule has 1 aliphatic rings. The van der Waals surface area contributed by atoms with Crippen molar-refractivity contribution in [2.24, 2.45) is 5.92 Å². The van der Waals surface area contributed by atoms with Gasteiger partial charge < -0.3 is 15.5 Å². The number of likely N-dealkylation sites (tertiary alicyclic amines) is 1. The molecule has 0 saturated carbocycles. The van der Waals surface area contributed by atoms with Gasteiger partial charge in [-0.05, 0) is 69.5 Å². The van der Waals surface area contributed by atoms with Gasteiger partial charge in [0.05, 0.1) is 0 Å². The van der Waals surface area contributed by atoms with Crippen LogP contribution in [0.4, 0.5) is 5.69 Å². The molecule has 5 nitrogen and oxygen atoms in total. The van der Waals surface area contributed by atoms with E-state index in [1.165, 1.54) is 0 Å². The molecule has 140 valence electrons. The van der Waals surface area contributed by atoms with Crippen LogP contribution in [0.25, 0.3) is 0 Å². The van der Waals surface area contributed by atoms with Gasteiger partial charge in [-0.1, -0.05) is 6.92 Å². The van der Waals surface area contributed by atoms with Crippen LogP contribution >= 0.6 is 12.4 Å². The first-order valence-corrected chi connectivity index (χ1v) is 8.85. The second kappa shape index (κ2) is 10.4. The molecule has 1 aromatic rings. The lowest BCUT2D eigenvalue weighted by atomic mass is 9.98. The minimum Gasteiger partial charge on any atom is -0.339 e. The maximum absolute atomic E-state index is 12.6. The molecule has 0 bridgehead atoms. The fourth-order valence-corrected chi connectivity index (χ4v) is 2.97. The topological polar surface area (TPSA) is 61.4 Å². The second-order valence-corrected chi connectivity index (χ2v) is 6.76. The van der Waals surface area contributed by atoms with Crippen LogP contribution in [0.3, 0.4) is 0 Å². The Morgan fingerprint density at radius 2 is 1.92 bits per heavy atom. The molecular weight excluding hydrogens is 338 g/mol. The lowest BCUT2D eigenvalue weighted by Crippen LogP contribution is -2.37. The van der Waals surface area contributed by atoms with Gasteiger partial charge in [0.25, 0.3) is 5.91 Å². The van der Waals surface area contributed by atoms with E-state index in [1.807, 2.05) is 37.1 Å². The summed E-state index contributed by atoms with van der Waals surface area (Å²) in [5.74, 6) is 0.811. The van der Waals surface area contributed by atoms with Crippen LogP contribution in [0, 0.1) is 12.8 Å². The van der Waals surface area contributed by atoms with Crippen molar-refractivity contribution in [1.82, 2.24) is 10.2 Å². The normalized spacial score (nSPS) is 14.8. The zero-order valence-corrected chi connectivity index (χ0v) is 16.2. The van der Waals surface area contributed by atoms with Gasteiger partial charge in [0.1, 0.15) is 0 Å². The molecule has 0 atom stereocenters. The first kappa shape index (κ1) is 21.5. The highest BCUT2D eigenvalue weighted by molar-refractivity contribution is 5.96. The molecule has 1 saturated heterocycles. The zero-order valence-electron chi connectivity index (χ0n) is 15.4. The Kier molecular flexibility index (Phi) is 8.93. The number of amides is 2. The Balaban J connectivity index is 0.00000312. The van der Waals surface area contributed by atoms with Crippen molar-refractivity contribution in [3.8, 4) is 0 Å². The molecule has 0 unspecified atom stereocenters. The van der Waals surface area contributed by atoms with Gasteiger partial charge in [0.2, 0.25) is 5.91 Å². The highest BCUT2D eigenvalue weighted by atomic mass is 35.5. The summed E-state index contributed by atoms with van der Waals surface area (Å²) in [4.78, 5) is 26.5. The van der Waals surface area contributed by atoms with Crippen molar-refractivity contribution in [1.29, 1.82) is 0 Å². The fraction of sp³-hybridized carbons (Fsp3) is 0.579. The third kappa shape index (κ3) is 6.33. The quantitative estimate of drug-likeness (QED) is 0.759. The molecule has 2 N–H and O–H groups in total. The molecule has 1 heterocycles. The van der Waals surface area contributed by atoms with Gasteiger partial charge in [-0.25, -0.2) is 0 Å². The van der Waals surface area contributed by atoms with Crippen molar-refractivity contribution in [2.75, 3.05) is 32.0 Å². The number of carbonyl (C=O) groups is 2. The summed E-state index contributed by atoms with van der Waals surface area (Å²) in [6.07, 6.45) is 3.45. The summed E-state index contributed by atoms with van der Waals surface area (Å²) < 4.78 is 0. The van der Waals surface area contributed by atoms with Crippen LogP contribution in [-0.4, -0.2) is 43.4 Å². The number of hydrogen-bond donors (Lipinski definition) is 2. The number of benzene rings is 1. The molecule has 0 radical (unpaired) electrons. The number of nitrogens with zero attached hydrogens (tertiary/aromatic N) is 1. The highest BCUT2D eigenvalue weighted by Crippen LogP contribution is 2.21. The summed E-state index contributed by atoms with van der Waals surface area (Å²) in [6, 6.07) is 5.53. The largest absolute Gasteiger partial charge is 0.339 e. The summed E-state index contributed by atoms with van der Waals surface area (Å²) in [6.45, 7) is 6.67. The van der Waals surface area contributed by atoms with Gasteiger partial charge in [0.15, 0.2) is 0 Å². The van der Waals surface area contributed by atoms with Crippen molar-refractivity contribution in [3.05, 3.63) is 29.3 Å². The van der Waals surface area contributed by atoms with E-state index in [9.17, 15) is 9.59 Å². The number of hydrogen-bond acceptors (Lipinski definition) is 3. The van der Waals surface area contributed by atoms with Crippen LogP contribution in [0.2, 0.25) is 0 Å². The molecule has 0 aromatic heterocycles.